The third-order valence-electron chi connectivity index (χ3n) is 7.91. The topological polar surface area (TPSA) is 57.6 Å². The van der Waals surface area contributed by atoms with Crippen LogP contribution in [-0.4, -0.2) is 41.3 Å². The second kappa shape index (κ2) is 10.4. The van der Waals surface area contributed by atoms with Crippen LogP contribution >= 0.6 is 11.6 Å². The summed E-state index contributed by atoms with van der Waals surface area (Å²) in [5.41, 5.74) is 3.93. The van der Waals surface area contributed by atoms with Crippen LogP contribution in [0.2, 0.25) is 5.02 Å². The van der Waals surface area contributed by atoms with Crippen molar-refractivity contribution in [2.75, 3.05) is 19.6 Å². The van der Waals surface area contributed by atoms with Crippen LogP contribution in [0.3, 0.4) is 0 Å². The van der Waals surface area contributed by atoms with Gasteiger partial charge in [0.1, 0.15) is 11.5 Å². The van der Waals surface area contributed by atoms with Crippen LogP contribution < -0.4 is 5.32 Å². The SMILES string of the molecule is O=C(Cc1cccc(-c2cccc(C(F)(F)F)n2)c1)N1CCCC2=C(CN=C(C3(c4cccc(Cl)c4)CC3)N2)C1. The number of halogens is 4. The van der Waals surface area contributed by atoms with Crippen molar-refractivity contribution in [1.82, 2.24) is 15.2 Å². The van der Waals surface area contributed by atoms with E-state index in [0.717, 1.165) is 59.4 Å². The molecule has 1 saturated carbocycles. The Morgan fingerprint density at radius 1 is 1.05 bits per heavy atom. The number of aromatic nitrogens is 1. The molecule has 206 valence electrons. The number of pyridine rings is 1. The van der Waals surface area contributed by atoms with Gasteiger partial charge in [0, 0.05) is 29.4 Å². The van der Waals surface area contributed by atoms with Crippen LogP contribution in [0.4, 0.5) is 13.2 Å². The third-order valence-corrected chi connectivity index (χ3v) is 8.15. The summed E-state index contributed by atoms with van der Waals surface area (Å²) >= 11 is 6.26. The quantitative estimate of drug-likeness (QED) is 0.381. The Morgan fingerprint density at radius 3 is 2.62 bits per heavy atom. The molecule has 0 saturated heterocycles. The molecule has 1 amide bonds. The lowest BCUT2D eigenvalue weighted by atomic mass is 9.93. The predicted octanol–water partition coefficient (Wildman–Crippen LogP) is 6.57. The van der Waals surface area contributed by atoms with E-state index in [-0.39, 0.29) is 23.4 Å². The van der Waals surface area contributed by atoms with Gasteiger partial charge in [-0.25, -0.2) is 4.98 Å². The number of nitrogens with one attached hydrogen (secondary N) is 1. The van der Waals surface area contributed by atoms with Crippen LogP contribution in [0, 0.1) is 0 Å². The van der Waals surface area contributed by atoms with Crippen molar-refractivity contribution in [2.24, 2.45) is 4.99 Å². The lowest BCUT2D eigenvalue weighted by molar-refractivity contribution is -0.141. The second-order valence-electron chi connectivity index (χ2n) is 10.7. The van der Waals surface area contributed by atoms with Crippen LogP contribution in [0.15, 0.2) is 83.0 Å². The number of benzene rings is 2. The number of carbonyl (C=O) groups is 1. The van der Waals surface area contributed by atoms with E-state index in [4.69, 9.17) is 16.6 Å². The number of aliphatic imine (C=N–C) groups is 1. The van der Waals surface area contributed by atoms with Crippen molar-refractivity contribution in [3.63, 3.8) is 0 Å². The van der Waals surface area contributed by atoms with Crippen LogP contribution in [0.25, 0.3) is 11.3 Å². The van der Waals surface area contributed by atoms with Crippen LogP contribution in [-0.2, 0) is 22.8 Å². The maximum absolute atomic E-state index is 13.3. The number of carbonyl (C=O) groups excluding carboxylic acids is 1. The van der Waals surface area contributed by atoms with E-state index in [1.165, 1.54) is 11.6 Å². The summed E-state index contributed by atoms with van der Waals surface area (Å²) in [5, 5.41) is 4.35. The van der Waals surface area contributed by atoms with Gasteiger partial charge in [0.05, 0.1) is 24.1 Å². The third kappa shape index (κ3) is 5.37. The monoisotopic (exact) mass is 564 g/mol. The summed E-state index contributed by atoms with van der Waals surface area (Å²) in [5.74, 6) is 0.976. The number of alkyl halides is 3. The van der Waals surface area contributed by atoms with Crippen molar-refractivity contribution in [3.05, 3.63) is 99.8 Å². The van der Waals surface area contributed by atoms with Crippen molar-refractivity contribution >= 4 is 23.3 Å². The molecule has 0 radical (unpaired) electrons. The minimum atomic E-state index is -4.52. The van der Waals surface area contributed by atoms with E-state index in [0.29, 0.717) is 25.2 Å². The summed E-state index contributed by atoms with van der Waals surface area (Å²) in [7, 11) is 0. The molecule has 40 heavy (non-hydrogen) atoms. The number of allylic oxidation sites excluding steroid dienone is 1. The lowest BCUT2D eigenvalue weighted by Crippen LogP contribution is -2.39. The molecule has 0 bridgehead atoms. The minimum absolute atomic E-state index is 0.0183. The Hall–Kier alpha value is -3.65. The van der Waals surface area contributed by atoms with E-state index in [1.807, 2.05) is 29.2 Å². The van der Waals surface area contributed by atoms with Gasteiger partial charge >= 0.3 is 6.18 Å². The molecule has 1 N–H and O–H groups in total. The highest BCUT2D eigenvalue weighted by atomic mass is 35.5. The van der Waals surface area contributed by atoms with Crippen molar-refractivity contribution in [1.29, 1.82) is 0 Å². The maximum atomic E-state index is 13.3. The van der Waals surface area contributed by atoms with Crippen LogP contribution in [0.5, 0.6) is 0 Å². The molecule has 1 aliphatic carbocycles. The van der Waals surface area contributed by atoms with E-state index in [2.05, 4.69) is 16.4 Å². The standard InChI is InChI=1S/C31H28ClF3N4O/c32-24-8-2-7-23(17-24)30(12-13-30)29-36-18-22-19-39(14-4-10-26(22)38-29)28(40)16-20-5-1-6-21(15-20)25-9-3-11-27(37-25)31(33,34)35/h1-3,5-9,11,15,17H,4,10,12-14,16,18-19H2,(H,36,38). The summed E-state index contributed by atoms with van der Waals surface area (Å²) in [4.78, 5) is 23.9. The lowest BCUT2D eigenvalue weighted by Gasteiger charge is -2.28. The Morgan fingerprint density at radius 2 is 1.85 bits per heavy atom. The molecule has 0 atom stereocenters. The van der Waals surface area contributed by atoms with Gasteiger partial charge < -0.3 is 10.2 Å². The molecule has 3 aliphatic rings. The Kier molecular flexibility index (Phi) is 6.90. The van der Waals surface area contributed by atoms with Gasteiger partial charge in [0.25, 0.3) is 0 Å². The van der Waals surface area contributed by atoms with Gasteiger partial charge in [-0.1, -0.05) is 48.0 Å². The number of hydrogen-bond acceptors (Lipinski definition) is 4. The van der Waals surface area contributed by atoms with Crippen molar-refractivity contribution in [3.8, 4) is 11.3 Å². The Balaban J connectivity index is 1.14. The molecular weight excluding hydrogens is 537 g/mol. The first-order valence-corrected chi connectivity index (χ1v) is 13.8. The van der Waals surface area contributed by atoms with Crippen LogP contribution in [0.1, 0.15) is 42.5 Å². The summed E-state index contributed by atoms with van der Waals surface area (Å²) < 4.78 is 39.4. The minimum Gasteiger partial charge on any atom is -0.347 e. The first kappa shape index (κ1) is 26.6. The molecule has 0 unspecified atom stereocenters. The van der Waals surface area contributed by atoms with Crippen molar-refractivity contribution < 1.29 is 18.0 Å². The van der Waals surface area contributed by atoms with Gasteiger partial charge in [-0.05, 0) is 72.7 Å². The zero-order valence-corrected chi connectivity index (χ0v) is 22.5. The number of rotatable bonds is 5. The van der Waals surface area contributed by atoms with E-state index < -0.39 is 11.9 Å². The molecule has 3 heterocycles. The smallest absolute Gasteiger partial charge is 0.347 e. The first-order chi connectivity index (χ1) is 19.2. The van der Waals surface area contributed by atoms with Gasteiger partial charge in [-0.2, -0.15) is 13.2 Å². The molecule has 5 nitrogen and oxygen atoms in total. The van der Waals surface area contributed by atoms with Gasteiger partial charge in [-0.15, -0.1) is 0 Å². The molecule has 2 aliphatic heterocycles. The van der Waals surface area contributed by atoms with Gasteiger partial charge in [0.15, 0.2) is 0 Å². The molecule has 2 aromatic carbocycles. The number of amidine groups is 1. The van der Waals surface area contributed by atoms with E-state index >= 15 is 0 Å². The number of nitrogens with zero attached hydrogens (tertiary/aromatic N) is 3. The van der Waals surface area contributed by atoms with E-state index in [1.54, 1.807) is 24.3 Å². The highest BCUT2D eigenvalue weighted by Gasteiger charge is 2.50. The molecule has 3 aromatic rings. The molecule has 6 rings (SSSR count). The second-order valence-corrected chi connectivity index (χ2v) is 11.1. The number of amides is 1. The Labute approximate surface area is 235 Å². The average molecular weight is 565 g/mol. The van der Waals surface area contributed by atoms with E-state index in [9.17, 15) is 18.0 Å². The summed E-state index contributed by atoms with van der Waals surface area (Å²) in [6.45, 7) is 1.70. The molecule has 0 spiro atoms. The zero-order chi connectivity index (χ0) is 27.9. The first-order valence-electron chi connectivity index (χ1n) is 13.4. The Bertz CT molecular complexity index is 1530. The van der Waals surface area contributed by atoms with Gasteiger partial charge in [-0.3, -0.25) is 9.79 Å². The highest BCUT2D eigenvalue weighted by Crippen LogP contribution is 2.50. The molecule has 1 aromatic heterocycles. The largest absolute Gasteiger partial charge is 0.433 e. The normalized spacial score (nSPS) is 18.4. The fraction of sp³-hybridized carbons (Fsp3) is 0.323. The molecule has 1 fully saturated rings. The number of hydrogen-bond donors (Lipinski definition) is 1. The maximum Gasteiger partial charge on any atom is 0.433 e. The van der Waals surface area contributed by atoms with Crippen molar-refractivity contribution in [2.45, 2.75) is 43.7 Å². The fourth-order valence-electron chi connectivity index (χ4n) is 5.62. The highest BCUT2D eigenvalue weighted by molar-refractivity contribution is 6.30. The zero-order valence-electron chi connectivity index (χ0n) is 21.8. The summed E-state index contributed by atoms with van der Waals surface area (Å²) in [6, 6.07) is 18.9. The van der Waals surface area contributed by atoms with Gasteiger partial charge in [0.2, 0.25) is 5.91 Å². The summed E-state index contributed by atoms with van der Waals surface area (Å²) in [6.07, 6.45) is -0.612. The molecular formula is C31H28ClF3N4O. The molecule has 9 heteroatoms. The fourth-order valence-corrected chi connectivity index (χ4v) is 5.81. The predicted molar refractivity (Wildman–Crippen MR) is 149 cm³/mol. The average Bonchev–Trinajstić information content (AvgIpc) is 3.77.